The zero-order valence-corrected chi connectivity index (χ0v) is 15.6. The lowest BCUT2D eigenvalue weighted by molar-refractivity contribution is -0.116. The molecule has 2 aromatic rings. The van der Waals surface area contributed by atoms with Crippen LogP contribution in [0.1, 0.15) is 28.8 Å². The lowest BCUT2D eigenvalue weighted by atomic mass is 10.2. The molecule has 0 saturated carbocycles. The Morgan fingerprint density at radius 1 is 1.07 bits per heavy atom. The van der Waals surface area contributed by atoms with Crippen LogP contribution in [0.4, 0.5) is 5.69 Å². The molecule has 9 nitrogen and oxygen atoms in total. The van der Waals surface area contributed by atoms with Crippen LogP contribution in [0.25, 0.3) is 0 Å². The number of hydrogen-bond donors (Lipinski definition) is 5. The lowest BCUT2D eigenvalue weighted by Gasteiger charge is -2.09. The first-order valence-electron chi connectivity index (χ1n) is 8.26. The number of rotatable bonds is 9. The molecular formula is C18H20N4O5S. The van der Waals surface area contributed by atoms with E-state index in [-0.39, 0.29) is 41.6 Å². The van der Waals surface area contributed by atoms with Crippen LogP contribution in [0.5, 0.6) is 0 Å². The van der Waals surface area contributed by atoms with Crippen LogP contribution < -0.4 is 15.8 Å². The summed E-state index contributed by atoms with van der Waals surface area (Å²) in [7, 11) is -3.78. The molecule has 10 heteroatoms. The number of sulfonamides is 1. The molecule has 6 N–H and O–H groups in total. The monoisotopic (exact) mass is 404 g/mol. The molecule has 0 radical (unpaired) electrons. The first-order valence-corrected chi connectivity index (χ1v) is 9.75. The molecule has 148 valence electrons. The van der Waals surface area contributed by atoms with Gasteiger partial charge in [-0.15, -0.1) is 0 Å². The van der Waals surface area contributed by atoms with Gasteiger partial charge in [0.1, 0.15) is 5.84 Å². The lowest BCUT2D eigenvalue weighted by Crippen LogP contribution is -2.26. The number of hydrogen-bond acceptors (Lipinski definition) is 5. The van der Waals surface area contributed by atoms with E-state index in [4.69, 9.17) is 16.2 Å². The molecule has 0 unspecified atom stereocenters. The zero-order valence-electron chi connectivity index (χ0n) is 14.8. The zero-order chi connectivity index (χ0) is 20.7. The van der Waals surface area contributed by atoms with E-state index in [1.54, 1.807) is 0 Å². The van der Waals surface area contributed by atoms with Crippen molar-refractivity contribution in [1.82, 2.24) is 4.72 Å². The Bertz CT molecular complexity index is 987. The first kappa shape index (κ1) is 21.1. The fourth-order valence-corrected chi connectivity index (χ4v) is 3.41. The molecular weight excluding hydrogens is 384 g/mol. The molecule has 0 aliphatic rings. The van der Waals surface area contributed by atoms with Crippen molar-refractivity contribution >= 4 is 33.4 Å². The van der Waals surface area contributed by atoms with Crippen molar-refractivity contribution in [3.8, 4) is 0 Å². The average Bonchev–Trinajstić information content (AvgIpc) is 2.66. The second kappa shape index (κ2) is 9.11. The van der Waals surface area contributed by atoms with Crippen LogP contribution in [0.15, 0.2) is 53.4 Å². The van der Waals surface area contributed by atoms with Crippen molar-refractivity contribution in [3.63, 3.8) is 0 Å². The van der Waals surface area contributed by atoms with Gasteiger partial charge in [0, 0.05) is 24.2 Å². The predicted molar refractivity (Wildman–Crippen MR) is 104 cm³/mol. The Hall–Kier alpha value is -3.24. The van der Waals surface area contributed by atoms with Crippen LogP contribution in [-0.4, -0.2) is 37.8 Å². The summed E-state index contributed by atoms with van der Waals surface area (Å²) in [4.78, 5) is 22.7. The largest absolute Gasteiger partial charge is 0.478 e. The quantitative estimate of drug-likeness (QED) is 0.241. The van der Waals surface area contributed by atoms with E-state index in [0.29, 0.717) is 11.3 Å². The van der Waals surface area contributed by atoms with Crippen LogP contribution in [-0.2, 0) is 14.8 Å². The second-order valence-corrected chi connectivity index (χ2v) is 7.64. The molecule has 0 spiro atoms. The van der Waals surface area contributed by atoms with Crippen molar-refractivity contribution in [3.05, 3.63) is 59.7 Å². The fraction of sp³-hybridized carbons (Fsp3) is 0.167. The van der Waals surface area contributed by atoms with E-state index in [1.165, 1.54) is 48.5 Å². The maximum Gasteiger partial charge on any atom is 0.335 e. The van der Waals surface area contributed by atoms with Gasteiger partial charge in [-0.25, -0.2) is 17.9 Å². The standard InChI is InChI=1S/C18H20N4O5S/c19-17(20)13-3-1-4-15(11-13)28(26,27)21-10-2-5-16(23)22-14-8-6-12(7-9-14)18(24)25/h1,3-4,6-9,11,21H,2,5,10H2,(H3,19,20)(H,22,23)(H,24,25). The first-order chi connectivity index (χ1) is 13.2. The number of carbonyl (C=O) groups is 2. The predicted octanol–water partition coefficient (Wildman–Crippen LogP) is 1.37. The van der Waals surface area contributed by atoms with Gasteiger partial charge in [-0.2, -0.15) is 0 Å². The van der Waals surface area contributed by atoms with Gasteiger partial charge in [0.05, 0.1) is 10.5 Å². The molecule has 2 aromatic carbocycles. The molecule has 0 aliphatic carbocycles. The molecule has 0 atom stereocenters. The van der Waals surface area contributed by atoms with Gasteiger partial charge >= 0.3 is 5.97 Å². The number of nitrogens with two attached hydrogens (primary N) is 1. The number of nitrogen functional groups attached to an aromatic ring is 1. The highest BCUT2D eigenvalue weighted by atomic mass is 32.2. The van der Waals surface area contributed by atoms with Crippen molar-refractivity contribution in [2.75, 3.05) is 11.9 Å². The van der Waals surface area contributed by atoms with Crippen LogP contribution >= 0.6 is 0 Å². The number of carboxylic acid groups (broad SMARTS) is 1. The molecule has 0 saturated heterocycles. The highest BCUT2D eigenvalue weighted by molar-refractivity contribution is 7.89. The topological polar surface area (TPSA) is 162 Å². The summed E-state index contributed by atoms with van der Waals surface area (Å²) in [5, 5.41) is 18.8. The molecule has 0 heterocycles. The highest BCUT2D eigenvalue weighted by Gasteiger charge is 2.14. The summed E-state index contributed by atoms with van der Waals surface area (Å²) in [5.74, 6) is -1.61. The van der Waals surface area contributed by atoms with E-state index < -0.39 is 16.0 Å². The molecule has 0 fully saturated rings. The van der Waals surface area contributed by atoms with Crippen molar-refractivity contribution < 1.29 is 23.1 Å². The van der Waals surface area contributed by atoms with E-state index in [2.05, 4.69) is 10.0 Å². The summed E-state index contributed by atoms with van der Waals surface area (Å²) in [6.07, 6.45) is 0.349. The normalized spacial score (nSPS) is 11.0. The van der Waals surface area contributed by atoms with Gasteiger partial charge in [-0.05, 0) is 42.8 Å². The Morgan fingerprint density at radius 2 is 1.75 bits per heavy atom. The van der Waals surface area contributed by atoms with Gasteiger partial charge in [0.25, 0.3) is 0 Å². The summed E-state index contributed by atoms with van der Waals surface area (Å²) in [6.45, 7) is 0.0536. The number of amides is 1. The fourth-order valence-electron chi connectivity index (χ4n) is 2.29. The Morgan fingerprint density at radius 3 is 2.36 bits per heavy atom. The molecule has 2 rings (SSSR count). The third-order valence-electron chi connectivity index (χ3n) is 3.74. The number of anilines is 1. The van der Waals surface area contributed by atoms with Gasteiger partial charge < -0.3 is 16.2 Å². The number of nitrogens with one attached hydrogen (secondary N) is 3. The maximum absolute atomic E-state index is 12.3. The Kier molecular flexibility index (Phi) is 6.85. The van der Waals surface area contributed by atoms with Crippen LogP contribution in [0, 0.1) is 5.41 Å². The summed E-state index contributed by atoms with van der Waals surface area (Å²) in [6, 6.07) is 11.4. The maximum atomic E-state index is 12.3. The minimum absolute atomic E-state index is 0.0110. The van der Waals surface area contributed by atoms with Crippen molar-refractivity contribution in [1.29, 1.82) is 5.41 Å². The summed E-state index contributed by atoms with van der Waals surface area (Å²) < 4.78 is 26.9. The Labute approximate surface area is 162 Å². The number of amidine groups is 1. The van der Waals surface area contributed by atoms with Gasteiger partial charge in [0.15, 0.2) is 0 Å². The van der Waals surface area contributed by atoms with E-state index in [9.17, 15) is 18.0 Å². The van der Waals surface area contributed by atoms with E-state index >= 15 is 0 Å². The summed E-state index contributed by atoms with van der Waals surface area (Å²) in [5.41, 5.74) is 6.23. The third-order valence-corrected chi connectivity index (χ3v) is 5.20. The molecule has 0 aliphatic heterocycles. The van der Waals surface area contributed by atoms with E-state index in [1.807, 2.05) is 0 Å². The second-order valence-electron chi connectivity index (χ2n) is 5.87. The molecule has 28 heavy (non-hydrogen) atoms. The molecule has 0 bridgehead atoms. The van der Waals surface area contributed by atoms with Crippen LogP contribution in [0.3, 0.4) is 0 Å². The van der Waals surface area contributed by atoms with Crippen molar-refractivity contribution in [2.24, 2.45) is 5.73 Å². The summed E-state index contributed by atoms with van der Waals surface area (Å²) >= 11 is 0. The Balaban J connectivity index is 1.82. The number of aromatic carboxylic acids is 1. The van der Waals surface area contributed by atoms with Gasteiger partial charge in [0.2, 0.25) is 15.9 Å². The number of benzene rings is 2. The minimum atomic E-state index is -3.78. The van der Waals surface area contributed by atoms with Crippen molar-refractivity contribution in [2.45, 2.75) is 17.7 Å². The highest BCUT2D eigenvalue weighted by Crippen LogP contribution is 2.12. The van der Waals surface area contributed by atoms with Crippen LogP contribution in [0.2, 0.25) is 0 Å². The molecule has 1 amide bonds. The number of carboxylic acids is 1. The molecule has 0 aromatic heterocycles. The SMILES string of the molecule is N=C(N)c1cccc(S(=O)(=O)NCCCC(=O)Nc2ccc(C(=O)O)cc2)c1. The number of carbonyl (C=O) groups excluding carboxylic acids is 1. The smallest absolute Gasteiger partial charge is 0.335 e. The third kappa shape index (κ3) is 5.89. The average molecular weight is 404 g/mol. The van der Waals surface area contributed by atoms with Gasteiger partial charge in [-0.3, -0.25) is 10.2 Å². The minimum Gasteiger partial charge on any atom is -0.478 e. The van der Waals surface area contributed by atoms with Gasteiger partial charge in [-0.1, -0.05) is 12.1 Å². The van der Waals surface area contributed by atoms with E-state index in [0.717, 1.165) is 0 Å².